The Morgan fingerprint density at radius 2 is 1.85 bits per heavy atom. The Hall–Kier alpha value is -0.480. The topological polar surface area (TPSA) is 38.5 Å². The molecule has 1 aliphatic heterocycles. The van der Waals surface area contributed by atoms with Gasteiger partial charge in [-0.1, -0.05) is 11.6 Å². The third kappa shape index (κ3) is 2.21. The van der Waals surface area contributed by atoms with Crippen LogP contribution >= 0.6 is 24.0 Å². The molecule has 0 radical (unpaired) electrons. The molecule has 3 saturated carbocycles. The molecule has 2 bridgehead atoms. The van der Waals surface area contributed by atoms with Gasteiger partial charge in [-0.05, 0) is 49.9 Å². The molecule has 0 spiro atoms. The first-order valence-electron chi connectivity index (χ1n) is 7.03. The molecule has 4 aliphatic rings. The first kappa shape index (κ1) is 14.5. The summed E-state index contributed by atoms with van der Waals surface area (Å²) in [6.45, 7) is 2.19. The highest BCUT2D eigenvalue weighted by molar-refractivity contribution is 6.30. The van der Waals surface area contributed by atoms with Gasteiger partial charge in [0.2, 0.25) is 0 Å². The van der Waals surface area contributed by atoms with Gasteiger partial charge in [-0.3, -0.25) is 4.90 Å². The van der Waals surface area contributed by atoms with Crippen molar-refractivity contribution in [3.63, 3.8) is 0 Å². The number of likely N-dealkylation sites (tertiary alicyclic amines) is 1. The van der Waals surface area contributed by atoms with Crippen LogP contribution in [0.2, 0.25) is 5.02 Å². The van der Waals surface area contributed by atoms with E-state index in [4.69, 9.17) is 22.1 Å². The van der Waals surface area contributed by atoms with E-state index < -0.39 is 0 Å². The first-order valence-corrected chi connectivity index (χ1v) is 7.41. The lowest BCUT2D eigenvalue weighted by atomic mass is 9.44. The second-order valence-corrected chi connectivity index (χ2v) is 6.98. The SMILES string of the molecule is Cl.NC12CC(N3CCC(Oc4ccc(Cl)cc4)C3)(C1)C2. The molecular weight excluding hydrogens is 295 g/mol. The average Bonchev–Trinajstić information content (AvgIpc) is 2.75. The predicted octanol–water partition coefficient (Wildman–Crippen LogP) is 2.85. The number of nitrogens with two attached hydrogens (primary N) is 1. The fourth-order valence-electron chi connectivity index (χ4n) is 4.11. The normalized spacial score (nSPS) is 38.6. The monoisotopic (exact) mass is 314 g/mol. The van der Waals surface area contributed by atoms with Gasteiger partial charge in [0.05, 0.1) is 0 Å². The van der Waals surface area contributed by atoms with Gasteiger partial charge in [-0.25, -0.2) is 0 Å². The maximum Gasteiger partial charge on any atom is 0.119 e. The van der Waals surface area contributed by atoms with Crippen LogP contribution in [0.3, 0.4) is 0 Å². The number of nitrogens with zero attached hydrogens (tertiary/aromatic N) is 1. The Labute approximate surface area is 130 Å². The van der Waals surface area contributed by atoms with E-state index in [0.717, 1.165) is 30.3 Å². The van der Waals surface area contributed by atoms with E-state index in [0.29, 0.717) is 11.6 Å². The third-order valence-corrected chi connectivity index (χ3v) is 5.23. The average molecular weight is 315 g/mol. The maximum absolute atomic E-state index is 6.14. The van der Waals surface area contributed by atoms with Gasteiger partial charge >= 0.3 is 0 Å². The first-order chi connectivity index (χ1) is 9.07. The molecule has 1 aromatic rings. The lowest BCUT2D eigenvalue weighted by Crippen LogP contribution is -2.81. The Balaban J connectivity index is 0.00000121. The fourth-order valence-corrected chi connectivity index (χ4v) is 4.23. The molecule has 1 saturated heterocycles. The number of benzene rings is 1. The highest BCUT2D eigenvalue weighted by Gasteiger charge is 2.68. The summed E-state index contributed by atoms with van der Waals surface area (Å²) in [5.41, 5.74) is 6.77. The summed E-state index contributed by atoms with van der Waals surface area (Å²) in [6, 6.07) is 7.65. The smallest absolute Gasteiger partial charge is 0.119 e. The van der Waals surface area contributed by atoms with Crippen molar-refractivity contribution >= 4 is 24.0 Å². The van der Waals surface area contributed by atoms with Gasteiger partial charge in [-0.2, -0.15) is 0 Å². The minimum atomic E-state index is 0. The van der Waals surface area contributed by atoms with Crippen LogP contribution in [0.4, 0.5) is 0 Å². The van der Waals surface area contributed by atoms with E-state index >= 15 is 0 Å². The third-order valence-electron chi connectivity index (χ3n) is 4.98. The summed E-state index contributed by atoms with van der Waals surface area (Å²) in [5.74, 6) is 0.921. The molecule has 5 rings (SSSR count). The van der Waals surface area contributed by atoms with Crippen molar-refractivity contribution in [2.45, 2.75) is 42.9 Å². The van der Waals surface area contributed by atoms with Crippen LogP contribution in [0.5, 0.6) is 5.75 Å². The van der Waals surface area contributed by atoms with Crippen LogP contribution in [0.15, 0.2) is 24.3 Å². The molecule has 2 N–H and O–H groups in total. The Morgan fingerprint density at radius 3 is 2.45 bits per heavy atom. The maximum atomic E-state index is 6.14. The summed E-state index contributed by atoms with van der Waals surface area (Å²) in [7, 11) is 0. The van der Waals surface area contributed by atoms with Crippen LogP contribution in [0.1, 0.15) is 25.7 Å². The van der Waals surface area contributed by atoms with Crippen LogP contribution in [0, 0.1) is 0 Å². The van der Waals surface area contributed by atoms with Gasteiger partial charge in [0.15, 0.2) is 0 Å². The molecule has 1 heterocycles. The zero-order valence-electron chi connectivity index (χ0n) is 11.3. The lowest BCUT2D eigenvalue weighted by molar-refractivity contribution is -0.155. The minimum absolute atomic E-state index is 0. The Bertz CT molecular complexity index is 485. The fraction of sp³-hybridized carbons (Fsp3) is 0.600. The quantitative estimate of drug-likeness (QED) is 0.932. The molecule has 1 atom stereocenters. The van der Waals surface area contributed by atoms with Crippen molar-refractivity contribution in [3.8, 4) is 5.75 Å². The highest BCUT2D eigenvalue weighted by Crippen LogP contribution is 2.62. The number of halogens is 2. The van der Waals surface area contributed by atoms with Gasteiger partial charge in [0.1, 0.15) is 11.9 Å². The zero-order valence-corrected chi connectivity index (χ0v) is 12.9. The van der Waals surface area contributed by atoms with Crippen molar-refractivity contribution in [3.05, 3.63) is 29.3 Å². The van der Waals surface area contributed by atoms with E-state index in [1.165, 1.54) is 19.3 Å². The molecule has 110 valence electrons. The molecule has 3 nitrogen and oxygen atoms in total. The van der Waals surface area contributed by atoms with E-state index in [-0.39, 0.29) is 17.9 Å². The second kappa shape index (κ2) is 4.77. The number of hydrogen-bond donors (Lipinski definition) is 1. The summed E-state index contributed by atoms with van der Waals surface area (Å²) in [4.78, 5) is 2.60. The summed E-state index contributed by atoms with van der Waals surface area (Å²) >= 11 is 5.88. The molecule has 1 unspecified atom stereocenters. The van der Waals surface area contributed by atoms with Crippen molar-refractivity contribution in [1.82, 2.24) is 4.90 Å². The van der Waals surface area contributed by atoms with Crippen molar-refractivity contribution in [2.24, 2.45) is 5.73 Å². The predicted molar refractivity (Wildman–Crippen MR) is 82.8 cm³/mol. The lowest BCUT2D eigenvalue weighted by Gasteiger charge is -2.72. The van der Waals surface area contributed by atoms with Gasteiger partial charge in [0.25, 0.3) is 0 Å². The molecule has 3 aliphatic carbocycles. The second-order valence-electron chi connectivity index (χ2n) is 6.55. The summed E-state index contributed by atoms with van der Waals surface area (Å²) < 4.78 is 6.04. The number of rotatable bonds is 3. The molecule has 5 heteroatoms. The van der Waals surface area contributed by atoms with Crippen LogP contribution in [-0.4, -0.2) is 35.2 Å². The molecular formula is C15H20Cl2N2O. The van der Waals surface area contributed by atoms with Gasteiger partial charge in [-0.15, -0.1) is 12.4 Å². The zero-order chi connectivity index (χ0) is 13.1. The summed E-state index contributed by atoms with van der Waals surface area (Å²) in [6.07, 6.45) is 4.99. The van der Waals surface area contributed by atoms with E-state index in [1.807, 2.05) is 24.3 Å². The molecule has 0 aromatic heterocycles. The minimum Gasteiger partial charge on any atom is -0.489 e. The summed E-state index contributed by atoms with van der Waals surface area (Å²) in [5, 5.41) is 0.752. The van der Waals surface area contributed by atoms with E-state index in [2.05, 4.69) is 4.90 Å². The van der Waals surface area contributed by atoms with E-state index in [1.54, 1.807) is 0 Å². The Morgan fingerprint density at radius 1 is 1.20 bits per heavy atom. The molecule has 4 fully saturated rings. The van der Waals surface area contributed by atoms with Crippen molar-refractivity contribution in [1.29, 1.82) is 0 Å². The van der Waals surface area contributed by atoms with Crippen molar-refractivity contribution in [2.75, 3.05) is 13.1 Å². The number of hydrogen-bond acceptors (Lipinski definition) is 3. The van der Waals surface area contributed by atoms with Crippen LogP contribution < -0.4 is 10.5 Å². The van der Waals surface area contributed by atoms with Gasteiger partial charge < -0.3 is 10.5 Å². The van der Waals surface area contributed by atoms with Crippen molar-refractivity contribution < 1.29 is 4.74 Å². The molecule has 1 aromatic carbocycles. The molecule has 20 heavy (non-hydrogen) atoms. The van der Waals surface area contributed by atoms with Crippen LogP contribution in [0.25, 0.3) is 0 Å². The van der Waals surface area contributed by atoms with E-state index in [9.17, 15) is 0 Å². The largest absolute Gasteiger partial charge is 0.489 e. The molecule has 0 amide bonds. The van der Waals surface area contributed by atoms with Crippen LogP contribution in [-0.2, 0) is 0 Å². The Kier molecular flexibility index (Phi) is 3.45. The van der Waals surface area contributed by atoms with Gasteiger partial charge in [0, 0.05) is 29.2 Å². The standard InChI is InChI=1S/C15H19ClN2O.ClH/c16-11-1-3-12(4-2-11)19-13-5-6-18(7-13)15-8-14(17,9-15)10-15;/h1-4,13H,5-10,17H2;1H. The highest BCUT2D eigenvalue weighted by atomic mass is 35.5. The number of ether oxygens (including phenoxy) is 1.